The minimum atomic E-state index is 0.0735. The number of rotatable bonds is 4. The Morgan fingerprint density at radius 1 is 1.13 bits per heavy atom. The zero-order valence-electron chi connectivity index (χ0n) is 12.8. The van der Waals surface area contributed by atoms with Crippen LogP contribution in [0.3, 0.4) is 0 Å². The van der Waals surface area contributed by atoms with E-state index < -0.39 is 0 Å². The Morgan fingerprint density at radius 3 is 2.78 bits per heavy atom. The molecule has 0 amide bonds. The third-order valence-corrected chi connectivity index (χ3v) is 3.96. The lowest BCUT2D eigenvalue weighted by atomic mass is 10.2. The summed E-state index contributed by atoms with van der Waals surface area (Å²) >= 11 is 0. The fourth-order valence-corrected chi connectivity index (χ4v) is 2.81. The van der Waals surface area contributed by atoms with Gasteiger partial charge in [-0.2, -0.15) is 0 Å². The zero-order valence-corrected chi connectivity index (χ0v) is 12.8. The van der Waals surface area contributed by atoms with Crippen molar-refractivity contribution in [3.63, 3.8) is 0 Å². The molecule has 1 fully saturated rings. The predicted octanol–water partition coefficient (Wildman–Crippen LogP) is 2.39. The second-order valence-electron chi connectivity index (χ2n) is 5.58. The van der Waals surface area contributed by atoms with E-state index in [4.69, 9.17) is 9.47 Å². The number of nitrogens with one attached hydrogen (secondary N) is 1. The van der Waals surface area contributed by atoms with E-state index in [1.165, 1.54) is 0 Å². The minimum Gasteiger partial charge on any atom is -0.473 e. The number of nitrogens with zero attached hydrogens (tertiary/aromatic N) is 2. The summed E-state index contributed by atoms with van der Waals surface area (Å²) in [6.45, 7) is 2.95. The normalized spacial score (nSPS) is 18.2. The lowest BCUT2D eigenvalue weighted by Gasteiger charge is -2.23. The Kier molecular flexibility index (Phi) is 3.96. The van der Waals surface area contributed by atoms with E-state index in [-0.39, 0.29) is 6.10 Å². The Hall–Kier alpha value is -2.37. The van der Waals surface area contributed by atoms with Crippen LogP contribution >= 0.6 is 0 Å². The highest BCUT2D eigenvalue weighted by Crippen LogP contribution is 2.27. The maximum atomic E-state index is 5.96. The SMILES string of the molecule is c1ccc(-n2nc(OC[C@@H]3CNCCO3)c3ccccc32)cc1. The third kappa shape index (κ3) is 2.93. The van der Waals surface area contributed by atoms with Gasteiger partial charge in [0.15, 0.2) is 0 Å². The van der Waals surface area contributed by atoms with Crippen molar-refractivity contribution in [2.45, 2.75) is 6.10 Å². The van der Waals surface area contributed by atoms with Gasteiger partial charge in [-0.25, -0.2) is 4.68 Å². The van der Waals surface area contributed by atoms with Crippen molar-refractivity contribution in [1.82, 2.24) is 15.1 Å². The van der Waals surface area contributed by atoms with Gasteiger partial charge in [0.2, 0.25) is 5.88 Å². The molecule has 2 heterocycles. The molecule has 0 aliphatic carbocycles. The zero-order chi connectivity index (χ0) is 15.5. The molecule has 1 aliphatic heterocycles. The Balaban J connectivity index is 1.64. The van der Waals surface area contributed by atoms with Gasteiger partial charge >= 0.3 is 0 Å². The number of aromatic nitrogens is 2. The molecular weight excluding hydrogens is 290 g/mol. The van der Waals surface area contributed by atoms with Crippen molar-refractivity contribution in [3.05, 3.63) is 54.6 Å². The van der Waals surface area contributed by atoms with Gasteiger partial charge in [-0.1, -0.05) is 30.3 Å². The van der Waals surface area contributed by atoms with Gasteiger partial charge in [0.1, 0.15) is 12.7 Å². The first-order valence-corrected chi connectivity index (χ1v) is 7.90. The van der Waals surface area contributed by atoms with E-state index in [2.05, 4.69) is 16.5 Å². The van der Waals surface area contributed by atoms with Crippen LogP contribution in [0.15, 0.2) is 54.6 Å². The third-order valence-electron chi connectivity index (χ3n) is 3.96. The molecule has 5 nitrogen and oxygen atoms in total. The summed E-state index contributed by atoms with van der Waals surface area (Å²) in [4.78, 5) is 0. The van der Waals surface area contributed by atoms with Crippen molar-refractivity contribution < 1.29 is 9.47 Å². The van der Waals surface area contributed by atoms with Crippen LogP contribution in [0.5, 0.6) is 5.88 Å². The van der Waals surface area contributed by atoms with E-state index in [0.717, 1.165) is 36.3 Å². The van der Waals surface area contributed by atoms with E-state index in [0.29, 0.717) is 12.5 Å². The van der Waals surface area contributed by atoms with Crippen molar-refractivity contribution in [1.29, 1.82) is 0 Å². The van der Waals surface area contributed by atoms with E-state index in [1.54, 1.807) is 0 Å². The number of hydrogen-bond acceptors (Lipinski definition) is 4. The first kappa shape index (κ1) is 14.2. The molecule has 1 atom stereocenters. The smallest absolute Gasteiger partial charge is 0.241 e. The molecule has 1 aliphatic rings. The van der Waals surface area contributed by atoms with Crippen LogP contribution in [0.25, 0.3) is 16.6 Å². The van der Waals surface area contributed by atoms with E-state index >= 15 is 0 Å². The highest BCUT2D eigenvalue weighted by molar-refractivity contribution is 5.85. The van der Waals surface area contributed by atoms with Crippen molar-refractivity contribution >= 4 is 10.9 Å². The predicted molar refractivity (Wildman–Crippen MR) is 89.2 cm³/mol. The molecule has 23 heavy (non-hydrogen) atoms. The number of ether oxygens (including phenoxy) is 2. The molecule has 0 spiro atoms. The van der Waals surface area contributed by atoms with Crippen LogP contribution in [0, 0.1) is 0 Å². The molecule has 118 valence electrons. The molecular formula is C18H19N3O2. The molecule has 1 saturated heterocycles. The molecule has 1 N–H and O–H groups in total. The van der Waals surface area contributed by atoms with Gasteiger partial charge in [-0.15, -0.1) is 5.10 Å². The van der Waals surface area contributed by atoms with Gasteiger partial charge in [0.25, 0.3) is 0 Å². The molecule has 2 aromatic carbocycles. The summed E-state index contributed by atoms with van der Waals surface area (Å²) in [6.07, 6.45) is 0.0735. The number of para-hydroxylation sites is 2. The molecule has 1 aromatic heterocycles. The summed E-state index contributed by atoms with van der Waals surface area (Å²) in [5.41, 5.74) is 2.06. The Bertz CT molecular complexity index is 779. The highest BCUT2D eigenvalue weighted by Gasteiger charge is 2.17. The minimum absolute atomic E-state index is 0.0735. The molecule has 0 unspecified atom stereocenters. The van der Waals surface area contributed by atoms with Crippen LogP contribution < -0.4 is 10.1 Å². The number of fused-ring (bicyclic) bond motifs is 1. The van der Waals surface area contributed by atoms with Gasteiger partial charge < -0.3 is 14.8 Å². The molecule has 3 aromatic rings. The van der Waals surface area contributed by atoms with Crippen molar-refractivity contribution in [2.24, 2.45) is 0 Å². The topological polar surface area (TPSA) is 48.3 Å². The Labute approximate surface area is 134 Å². The molecule has 0 bridgehead atoms. The Morgan fingerprint density at radius 2 is 1.96 bits per heavy atom. The maximum Gasteiger partial charge on any atom is 0.241 e. The average molecular weight is 309 g/mol. The van der Waals surface area contributed by atoms with Gasteiger partial charge in [0.05, 0.1) is 23.2 Å². The second-order valence-corrected chi connectivity index (χ2v) is 5.58. The molecule has 5 heteroatoms. The second kappa shape index (κ2) is 6.40. The monoisotopic (exact) mass is 309 g/mol. The summed E-state index contributed by atoms with van der Waals surface area (Å²) in [5, 5.41) is 8.99. The summed E-state index contributed by atoms with van der Waals surface area (Å²) in [5.74, 6) is 0.652. The van der Waals surface area contributed by atoms with Crippen LogP contribution in [0.4, 0.5) is 0 Å². The number of benzene rings is 2. The first-order chi connectivity index (χ1) is 11.4. The standard InChI is InChI=1S/C18H19N3O2/c1-2-6-14(7-3-1)21-17-9-5-4-8-16(17)18(20-21)23-13-15-12-19-10-11-22-15/h1-9,15,19H,10-13H2/t15-/m0/s1. The average Bonchev–Trinajstić information content (AvgIpc) is 3.01. The lowest BCUT2D eigenvalue weighted by Crippen LogP contribution is -2.41. The molecule has 4 rings (SSSR count). The van der Waals surface area contributed by atoms with E-state index in [1.807, 2.05) is 53.2 Å². The van der Waals surface area contributed by atoms with Crippen LogP contribution in [-0.4, -0.2) is 42.2 Å². The van der Waals surface area contributed by atoms with Crippen LogP contribution in [0.2, 0.25) is 0 Å². The summed E-state index contributed by atoms with van der Waals surface area (Å²) in [6, 6.07) is 18.2. The first-order valence-electron chi connectivity index (χ1n) is 7.90. The lowest BCUT2D eigenvalue weighted by molar-refractivity contribution is -0.000504. The highest BCUT2D eigenvalue weighted by atomic mass is 16.5. The van der Waals surface area contributed by atoms with Crippen LogP contribution in [0.1, 0.15) is 0 Å². The van der Waals surface area contributed by atoms with Gasteiger partial charge in [-0.05, 0) is 24.3 Å². The molecule has 0 radical (unpaired) electrons. The largest absolute Gasteiger partial charge is 0.473 e. The number of hydrogen-bond donors (Lipinski definition) is 1. The van der Waals surface area contributed by atoms with E-state index in [9.17, 15) is 0 Å². The summed E-state index contributed by atoms with van der Waals surface area (Å²) in [7, 11) is 0. The quantitative estimate of drug-likeness (QED) is 0.804. The summed E-state index contributed by atoms with van der Waals surface area (Å²) < 4.78 is 13.6. The van der Waals surface area contributed by atoms with Crippen molar-refractivity contribution in [3.8, 4) is 11.6 Å². The fraction of sp³-hybridized carbons (Fsp3) is 0.278. The number of morpholine rings is 1. The fourth-order valence-electron chi connectivity index (χ4n) is 2.81. The van der Waals surface area contributed by atoms with Crippen molar-refractivity contribution in [2.75, 3.05) is 26.3 Å². The molecule has 0 saturated carbocycles. The van der Waals surface area contributed by atoms with Crippen LogP contribution in [-0.2, 0) is 4.74 Å². The maximum absolute atomic E-state index is 5.96. The van der Waals surface area contributed by atoms with Gasteiger partial charge in [-0.3, -0.25) is 0 Å². The van der Waals surface area contributed by atoms with Gasteiger partial charge in [0, 0.05) is 13.1 Å².